The van der Waals surface area contributed by atoms with Crippen molar-refractivity contribution in [1.82, 2.24) is 14.8 Å². The number of amides is 2. The van der Waals surface area contributed by atoms with Crippen LogP contribution >= 0.6 is 11.3 Å². The number of fused-ring (bicyclic) bond motifs is 5. The molecule has 1 saturated heterocycles. The van der Waals surface area contributed by atoms with Crippen LogP contribution in [0.3, 0.4) is 0 Å². The van der Waals surface area contributed by atoms with Crippen molar-refractivity contribution in [3.63, 3.8) is 0 Å². The Labute approximate surface area is 155 Å². The summed E-state index contributed by atoms with van der Waals surface area (Å²) in [4.78, 5) is 34.4. The fraction of sp³-hybridized carbons (Fsp3) is 0.300. The van der Waals surface area contributed by atoms with Crippen molar-refractivity contribution in [2.45, 2.75) is 25.4 Å². The minimum Gasteiger partial charge on any atom is -0.356 e. The number of benzene rings is 1. The van der Waals surface area contributed by atoms with E-state index in [0.717, 1.165) is 27.9 Å². The lowest BCUT2D eigenvalue weighted by Gasteiger charge is -2.49. The number of para-hydroxylation sites is 1. The van der Waals surface area contributed by atoms with Crippen molar-refractivity contribution < 1.29 is 9.59 Å². The second kappa shape index (κ2) is 5.45. The molecule has 1 aromatic carbocycles. The van der Waals surface area contributed by atoms with Gasteiger partial charge in [-0.05, 0) is 36.4 Å². The molecular formula is C20H19N3O2S. The van der Waals surface area contributed by atoms with Crippen LogP contribution in [0.15, 0.2) is 41.8 Å². The summed E-state index contributed by atoms with van der Waals surface area (Å²) >= 11 is 1.61. The highest BCUT2D eigenvalue weighted by Gasteiger charge is 2.54. The van der Waals surface area contributed by atoms with Gasteiger partial charge in [0.1, 0.15) is 6.54 Å². The molecule has 3 aromatic rings. The van der Waals surface area contributed by atoms with Crippen molar-refractivity contribution >= 4 is 34.1 Å². The SMILES string of the molecule is C[C@]12C(=O)N(Cc3cccs3)CC(=O)N1CCc1c2[nH]c2ccccc12. The van der Waals surface area contributed by atoms with E-state index in [-0.39, 0.29) is 18.4 Å². The first-order valence-corrected chi connectivity index (χ1v) is 9.69. The van der Waals surface area contributed by atoms with Gasteiger partial charge in [0.05, 0.1) is 12.2 Å². The maximum Gasteiger partial charge on any atom is 0.255 e. The van der Waals surface area contributed by atoms with Crippen molar-refractivity contribution in [3.8, 4) is 0 Å². The fourth-order valence-electron chi connectivity index (χ4n) is 4.40. The fourth-order valence-corrected chi connectivity index (χ4v) is 5.12. The zero-order valence-electron chi connectivity index (χ0n) is 14.5. The highest BCUT2D eigenvalue weighted by atomic mass is 32.1. The summed E-state index contributed by atoms with van der Waals surface area (Å²) in [6.45, 7) is 3.12. The van der Waals surface area contributed by atoms with E-state index in [1.54, 1.807) is 21.1 Å². The van der Waals surface area contributed by atoms with Crippen LogP contribution in [0.5, 0.6) is 0 Å². The molecule has 0 radical (unpaired) electrons. The minimum atomic E-state index is -0.959. The molecule has 2 amide bonds. The molecule has 5 nitrogen and oxygen atoms in total. The number of nitrogens with zero attached hydrogens (tertiary/aromatic N) is 2. The number of rotatable bonds is 2. The first-order chi connectivity index (χ1) is 12.6. The molecule has 1 N–H and O–H groups in total. The molecule has 26 heavy (non-hydrogen) atoms. The molecular weight excluding hydrogens is 346 g/mol. The number of H-pyrrole nitrogens is 1. The lowest BCUT2D eigenvalue weighted by atomic mass is 9.83. The molecule has 1 atom stereocenters. The van der Waals surface area contributed by atoms with Crippen LogP contribution in [-0.4, -0.2) is 39.7 Å². The number of thiophene rings is 1. The molecule has 0 saturated carbocycles. The highest BCUT2D eigenvalue weighted by Crippen LogP contribution is 2.42. The van der Waals surface area contributed by atoms with E-state index < -0.39 is 5.54 Å². The van der Waals surface area contributed by atoms with E-state index in [1.807, 2.05) is 42.6 Å². The Morgan fingerprint density at radius 3 is 2.85 bits per heavy atom. The van der Waals surface area contributed by atoms with E-state index in [2.05, 4.69) is 11.1 Å². The zero-order valence-corrected chi connectivity index (χ0v) is 15.3. The molecule has 2 aromatic heterocycles. The molecule has 5 rings (SSSR count). The Kier molecular flexibility index (Phi) is 3.28. The predicted molar refractivity (Wildman–Crippen MR) is 101 cm³/mol. The number of hydrogen-bond donors (Lipinski definition) is 1. The lowest BCUT2D eigenvalue weighted by Crippen LogP contribution is -2.66. The third-order valence-corrected chi connectivity index (χ3v) is 6.54. The van der Waals surface area contributed by atoms with Gasteiger partial charge in [0.25, 0.3) is 5.91 Å². The Hall–Kier alpha value is -2.60. The summed E-state index contributed by atoms with van der Waals surface area (Å²) in [5, 5.41) is 3.15. The van der Waals surface area contributed by atoms with Crippen LogP contribution in [0, 0.1) is 0 Å². The van der Waals surface area contributed by atoms with Crippen LogP contribution in [0.25, 0.3) is 10.9 Å². The van der Waals surface area contributed by atoms with Gasteiger partial charge in [0.2, 0.25) is 5.91 Å². The van der Waals surface area contributed by atoms with Gasteiger partial charge < -0.3 is 14.8 Å². The van der Waals surface area contributed by atoms with Gasteiger partial charge >= 0.3 is 0 Å². The van der Waals surface area contributed by atoms with E-state index in [0.29, 0.717) is 13.1 Å². The molecule has 6 heteroatoms. The number of piperazine rings is 1. The molecule has 132 valence electrons. The van der Waals surface area contributed by atoms with Gasteiger partial charge in [0.15, 0.2) is 5.54 Å². The molecule has 0 spiro atoms. The average molecular weight is 365 g/mol. The van der Waals surface area contributed by atoms with Crippen molar-refractivity contribution in [2.75, 3.05) is 13.1 Å². The van der Waals surface area contributed by atoms with Gasteiger partial charge in [0, 0.05) is 22.3 Å². The summed E-state index contributed by atoms with van der Waals surface area (Å²) in [7, 11) is 0. The van der Waals surface area contributed by atoms with Crippen LogP contribution in [-0.2, 0) is 28.1 Å². The van der Waals surface area contributed by atoms with Crippen molar-refractivity contribution in [3.05, 3.63) is 57.9 Å². The Balaban J connectivity index is 1.63. The Morgan fingerprint density at radius 2 is 2.04 bits per heavy atom. The number of nitrogens with one attached hydrogen (secondary N) is 1. The van der Waals surface area contributed by atoms with Crippen molar-refractivity contribution in [1.29, 1.82) is 0 Å². The third-order valence-electron chi connectivity index (χ3n) is 5.68. The lowest BCUT2D eigenvalue weighted by molar-refractivity contribution is -0.166. The number of carbonyl (C=O) groups is 2. The second-order valence-corrected chi connectivity index (χ2v) is 8.16. The normalized spacial score (nSPS) is 22.7. The second-order valence-electron chi connectivity index (χ2n) is 7.13. The van der Waals surface area contributed by atoms with Gasteiger partial charge in [-0.25, -0.2) is 0 Å². The van der Waals surface area contributed by atoms with Gasteiger partial charge in [-0.3, -0.25) is 9.59 Å². The molecule has 0 aliphatic carbocycles. The van der Waals surface area contributed by atoms with E-state index >= 15 is 0 Å². The topological polar surface area (TPSA) is 56.4 Å². The summed E-state index contributed by atoms with van der Waals surface area (Å²) in [6.07, 6.45) is 0.777. The number of aromatic nitrogens is 1. The minimum absolute atomic E-state index is 0.00185. The monoisotopic (exact) mass is 365 g/mol. The maximum atomic E-state index is 13.5. The molecule has 0 unspecified atom stereocenters. The highest BCUT2D eigenvalue weighted by molar-refractivity contribution is 7.09. The van der Waals surface area contributed by atoms with Crippen LogP contribution in [0.2, 0.25) is 0 Å². The maximum absolute atomic E-state index is 13.5. The van der Waals surface area contributed by atoms with Gasteiger partial charge in [-0.2, -0.15) is 0 Å². The summed E-state index contributed by atoms with van der Waals surface area (Å²) in [6, 6.07) is 12.1. The summed E-state index contributed by atoms with van der Waals surface area (Å²) < 4.78 is 0. The summed E-state index contributed by atoms with van der Waals surface area (Å²) in [5.74, 6) is 0.0194. The number of aromatic amines is 1. The molecule has 0 bridgehead atoms. The average Bonchev–Trinajstić information content (AvgIpc) is 3.27. The van der Waals surface area contributed by atoms with Gasteiger partial charge in [-0.1, -0.05) is 24.3 Å². The van der Waals surface area contributed by atoms with E-state index in [9.17, 15) is 9.59 Å². The smallest absolute Gasteiger partial charge is 0.255 e. The zero-order chi connectivity index (χ0) is 17.9. The largest absolute Gasteiger partial charge is 0.356 e. The van der Waals surface area contributed by atoms with Crippen LogP contribution in [0.4, 0.5) is 0 Å². The van der Waals surface area contributed by atoms with E-state index in [1.165, 1.54) is 5.56 Å². The third kappa shape index (κ3) is 2.02. The molecule has 4 heterocycles. The quantitative estimate of drug-likeness (QED) is 0.759. The summed E-state index contributed by atoms with van der Waals surface area (Å²) in [5.41, 5.74) is 2.10. The molecule has 1 fully saturated rings. The van der Waals surface area contributed by atoms with Crippen LogP contribution < -0.4 is 0 Å². The van der Waals surface area contributed by atoms with E-state index in [4.69, 9.17) is 0 Å². The van der Waals surface area contributed by atoms with Crippen LogP contribution in [0.1, 0.15) is 23.1 Å². The Morgan fingerprint density at radius 1 is 1.19 bits per heavy atom. The standard InChI is InChI=1S/C20H19N3O2S/c1-20-18-15(14-6-2-3-7-16(14)21-18)8-9-23(20)17(24)12-22(19(20)25)11-13-5-4-10-26-13/h2-7,10,21H,8-9,11-12H2,1H3/t20-/m0/s1. The van der Waals surface area contributed by atoms with Crippen molar-refractivity contribution in [2.24, 2.45) is 0 Å². The molecule has 2 aliphatic rings. The predicted octanol–water partition coefficient (Wildman–Crippen LogP) is 2.87. The first kappa shape index (κ1) is 15.6. The number of hydrogen-bond acceptors (Lipinski definition) is 3. The molecule has 2 aliphatic heterocycles. The Bertz CT molecular complexity index is 1020. The van der Waals surface area contributed by atoms with Gasteiger partial charge in [-0.15, -0.1) is 11.3 Å². The first-order valence-electron chi connectivity index (χ1n) is 8.81. The number of carbonyl (C=O) groups excluding carboxylic acids is 2.